The fraction of sp³-hybridized carbons (Fsp3) is 0.174. The third-order valence-corrected chi connectivity index (χ3v) is 6.53. The smallest absolute Gasteiger partial charge is 0.345 e. The lowest BCUT2D eigenvalue weighted by Crippen LogP contribution is -2.26. The number of nitrogens with zero attached hydrogens (tertiary/aromatic N) is 1. The largest absolute Gasteiger partial charge is 0.496 e. The SMILES string of the molecule is COc1ccc(Cl)cc1C(=O)NCCc1ccc(S(=O)(=O)C(=O)Nc2ccc(CO)nc2)cc1. The summed E-state index contributed by atoms with van der Waals surface area (Å²) in [5.41, 5.74) is 1.65. The average Bonchev–Trinajstić information content (AvgIpc) is 2.84. The molecule has 11 heteroatoms. The van der Waals surface area contributed by atoms with Crippen LogP contribution in [-0.2, 0) is 22.9 Å². The molecule has 0 fully saturated rings. The Hall–Kier alpha value is -3.47. The number of aliphatic hydroxyl groups is 1. The van der Waals surface area contributed by atoms with Crippen molar-refractivity contribution in [2.45, 2.75) is 17.9 Å². The first kappa shape index (κ1) is 25.2. The van der Waals surface area contributed by atoms with E-state index in [1.165, 1.54) is 43.6 Å². The summed E-state index contributed by atoms with van der Waals surface area (Å²) in [5, 5.41) is 13.3. The predicted molar refractivity (Wildman–Crippen MR) is 127 cm³/mol. The first-order valence-corrected chi connectivity index (χ1v) is 11.9. The monoisotopic (exact) mass is 503 g/mol. The zero-order valence-electron chi connectivity index (χ0n) is 18.1. The van der Waals surface area contributed by atoms with E-state index in [0.29, 0.717) is 28.5 Å². The van der Waals surface area contributed by atoms with E-state index in [2.05, 4.69) is 15.6 Å². The lowest BCUT2D eigenvalue weighted by atomic mass is 10.1. The fourth-order valence-electron chi connectivity index (χ4n) is 2.99. The number of carbonyl (C=O) groups excluding carboxylic acids is 2. The van der Waals surface area contributed by atoms with Crippen molar-refractivity contribution < 1.29 is 27.9 Å². The maximum Gasteiger partial charge on any atom is 0.345 e. The van der Waals surface area contributed by atoms with Gasteiger partial charge in [0.15, 0.2) is 0 Å². The van der Waals surface area contributed by atoms with E-state index in [4.69, 9.17) is 21.4 Å². The number of hydrogen-bond donors (Lipinski definition) is 3. The number of amides is 2. The summed E-state index contributed by atoms with van der Waals surface area (Å²) in [7, 11) is -2.82. The summed E-state index contributed by atoms with van der Waals surface area (Å²) in [5.74, 6) is 0.0478. The van der Waals surface area contributed by atoms with Crippen LogP contribution in [0.3, 0.4) is 0 Å². The molecule has 1 aromatic heterocycles. The van der Waals surface area contributed by atoms with Gasteiger partial charge in [-0.05, 0) is 54.4 Å². The van der Waals surface area contributed by atoms with Crippen molar-refractivity contribution in [3.05, 3.63) is 82.6 Å². The van der Waals surface area contributed by atoms with Crippen molar-refractivity contribution in [2.75, 3.05) is 19.0 Å². The van der Waals surface area contributed by atoms with Gasteiger partial charge in [0, 0.05) is 11.6 Å². The number of hydrogen-bond acceptors (Lipinski definition) is 7. The molecule has 0 unspecified atom stereocenters. The van der Waals surface area contributed by atoms with Crippen molar-refractivity contribution in [2.24, 2.45) is 0 Å². The molecule has 0 spiro atoms. The molecule has 2 amide bonds. The maximum absolute atomic E-state index is 12.6. The van der Waals surface area contributed by atoms with Crippen molar-refractivity contribution in [1.82, 2.24) is 10.3 Å². The zero-order chi connectivity index (χ0) is 24.7. The number of aromatic nitrogens is 1. The second-order valence-electron chi connectivity index (χ2n) is 7.11. The Balaban J connectivity index is 1.59. The third-order valence-electron chi connectivity index (χ3n) is 4.82. The quantitative estimate of drug-likeness (QED) is 0.429. The number of halogens is 1. The number of anilines is 1. The van der Waals surface area contributed by atoms with Crippen LogP contribution in [0.25, 0.3) is 0 Å². The first-order valence-electron chi connectivity index (χ1n) is 10.1. The highest BCUT2D eigenvalue weighted by molar-refractivity contribution is 8.06. The number of sulfone groups is 1. The summed E-state index contributed by atoms with van der Waals surface area (Å²) < 4.78 is 30.3. The van der Waals surface area contributed by atoms with Gasteiger partial charge in [-0.3, -0.25) is 14.6 Å². The third kappa shape index (κ3) is 6.10. The Morgan fingerprint density at radius 3 is 2.44 bits per heavy atom. The van der Waals surface area contributed by atoms with Gasteiger partial charge in [0.05, 0.1) is 41.8 Å². The summed E-state index contributed by atoms with van der Waals surface area (Å²) in [6.07, 6.45) is 1.69. The first-order chi connectivity index (χ1) is 16.2. The highest BCUT2D eigenvalue weighted by atomic mass is 35.5. The number of benzene rings is 2. The van der Waals surface area contributed by atoms with Gasteiger partial charge in [0.1, 0.15) is 5.75 Å². The number of carbonyl (C=O) groups is 2. The van der Waals surface area contributed by atoms with E-state index in [1.54, 1.807) is 24.3 Å². The van der Waals surface area contributed by atoms with Crippen molar-refractivity contribution in [3.63, 3.8) is 0 Å². The van der Waals surface area contributed by atoms with E-state index >= 15 is 0 Å². The van der Waals surface area contributed by atoms with Crippen LogP contribution in [-0.4, -0.2) is 43.3 Å². The second-order valence-corrected chi connectivity index (χ2v) is 9.39. The van der Waals surface area contributed by atoms with Crippen LogP contribution in [0.1, 0.15) is 21.6 Å². The number of methoxy groups -OCH3 is 1. The van der Waals surface area contributed by atoms with Gasteiger partial charge < -0.3 is 20.5 Å². The molecule has 0 saturated carbocycles. The Labute approximate surface area is 201 Å². The summed E-state index contributed by atoms with van der Waals surface area (Å²) in [4.78, 5) is 28.4. The van der Waals surface area contributed by atoms with Gasteiger partial charge in [-0.15, -0.1) is 0 Å². The van der Waals surface area contributed by atoms with E-state index in [9.17, 15) is 18.0 Å². The van der Waals surface area contributed by atoms with Crippen molar-refractivity contribution in [3.8, 4) is 5.75 Å². The molecular weight excluding hydrogens is 482 g/mol. The molecule has 0 aliphatic rings. The topological polar surface area (TPSA) is 135 Å². The molecule has 2 aromatic carbocycles. The average molecular weight is 504 g/mol. The van der Waals surface area contributed by atoms with Crippen LogP contribution >= 0.6 is 11.6 Å². The number of ether oxygens (including phenoxy) is 1. The Morgan fingerprint density at radius 1 is 1.09 bits per heavy atom. The molecule has 0 aliphatic carbocycles. The van der Waals surface area contributed by atoms with E-state index < -0.39 is 15.1 Å². The molecule has 3 rings (SSSR count). The van der Waals surface area contributed by atoms with Crippen LogP contribution in [0, 0.1) is 0 Å². The molecule has 0 bridgehead atoms. The van der Waals surface area contributed by atoms with Crippen LogP contribution in [0.5, 0.6) is 5.75 Å². The summed E-state index contributed by atoms with van der Waals surface area (Å²) >= 11 is 5.95. The second kappa shape index (κ2) is 11.1. The molecule has 1 heterocycles. The normalized spacial score (nSPS) is 11.0. The number of nitrogens with one attached hydrogen (secondary N) is 2. The molecule has 3 aromatic rings. The number of pyridine rings is 1. The molecule has 0 radical (unpaired) electrons. The van der Waals surface area contributed by atoms with Gasteiger partial charge in [-0.2, -0.15) is 0 Å². The number of aliphatic hydroxyl groups excluding tert-OH is 1. The van der Waals surface area contributed by atoms with Gasteiger partial charge in [-0.1, -0.05) is 23.7 Å². The van der Waals surface area contributed by atoms with E-state index in [-0.39, 0.29) is 29.6 Å². The highest BCUT2D eigenvalue weighted by Crippen LogP contribution is 2.22. The minimum absolute atomic E-state index is 0.165. The standard InChI is InChI=1S/C23H22ClN3O6S/c1-33-21-9-4-16(24)12-20(21)22(29)25-11-10-15-2-7-19(8-3-15)34(31,32)23(30)27-17-5-6-18(14-28)26-13-17/h2-9,12-13,28H,10-11,14H2,1H3,(H,25,29)(H,27,30). The highest BCUT2D eigenvalue weighted by Gasteiger charge is 2.25. The molecule has 9 nitrogen and oxygen atoms in total. The molecular formula is C23H22ClN3O6S. The summed E-state index contributed by atoms with van der Waals surface area (Å²) in [6.45, 7) is 0.0231. The van der Waals surface area contributed by atoms with E-state index in [1.807, 2.05) is 0 Å². The van der Waals surface area contributed by atoms with Gasteiger partial charge >= 0.3 is 5.24 Å². The molecule has 0 atom stereocenters. The molecule has 0 saturated heterocycles. The number of rotatable bonds is 8. The van der Waals surface area contributed by atoms with Gasteiger partial charge in [0.25, 0.3) is 15.7 Å². The Bertz CT molecular complexity index is 1280. The zero-order valence-corrected chi connectivity index (χ0v) is 19.7. The summed E-state index contributed by atoms with van der Waals surface area (Å²) in [6, 6.07) is 13.5. The predicted octanol–water partition coefficient (Wildman–Crippen LogP) is 3.21. The van der Waals surface area contributed by atoms with E-state index in [0.717, 1.165) is 5.56 Å². The van der Waals surface area contributed by atoms with Gasteiger partial charge in [-0.25, -0.2) is 8.42 Å². The van der Waals surface area contributed by atoms with Crippen LogP contribution in [0.2, 0.25) is 5.02 Å². The van der Waals surface area contributed by atoms with Crippen LogP contribution < -0.4 is 15.4 Å². The van der Waals surface area contributed by atoms with Crippen molar-refractivity contribution >= 4 is 38.3 Å². The molecule has 34 heavy (non-hydrogen) atoms. The lowest BCUT2D eigenvalue weighted by Gasteiger charge is -2.10. The molecule has 0 aliphatic heterocycles. The minimum Gasteiger partial charge on any atom is -0.496 e. The molecule has 3 N–H and O–H groups in total. The maximum atomic E-state index is 12.6. The lowest BCUT2D eigenvalue weighted by molar-refractivity contribution is 0.0951. The Morgan fingerprint density at radius 2 is 1.82 bits per heavy atom. The fourth-order valence-corrected chi connectivity index (χ4v) is 4.13. The van der Waals surface area contributed by atoms with Crippen LogP contribution in [0.4, 0.5) is 10.5 Å². The van der Waals surface area contributed by atoms with Crippen molar-refractivity contribution in [1.29, 1.82) is 0 Å². The Kier molecular flexibility index (Phi) is 8.21. The van der Waals surface area contributed by atoms with Gasteiger partial charge in [0.2, 0.25) is 0 Å². The van der Waals surface area contributed by atoms with Crippen LogP contribution in [0.15, 0.2) is 65.7 Å². The minimum atomic E-state index is -4.27. The molecule has 178 valence electrons.